The molecule has 2 aliphatic rings. The second-order valence-electron chi connectivity index (χ2n) is 3.66. The minimum atomic E-state index is 0. The minimum Gasteiger partial charge on any atom is -0.354 e. The maximum atomic E-state index is 4.38. The first-order valence-corrected chi connectivity index (χ1v) is 4.96. The average Bonchev–Trinajstić information content (AvgIpc) is 2.82. The molecule has 0 unspecified atom stereocenters. The van der Waals surface area contributed by atoms with Crippen molar-refractivity contribution >= 4 is 29.9 Å². The van der Waals surface area contributed by atoms with Crippen LogP contribution in [0.1, 0.15) is 32.6 Å². The van der Waals surface area contributed by atoms with Crippen LogP contribution in [0.5, 0.6) is 0 Å². The van der Waals surface area contributed by atoms with Crippen molar-refractivity contribution in [2.45, 2.75) is 44.7 Å². The van der Waals surface area contributed by atoms with E-state index in [1.807, 2.05) is 0 Å². The lowest BCUT2D eigenvalue weighted by Gasteiger charge is -2.09. The fourth-order valence-electron chi connectivity index (χ4n) is 1.13. The Morgan fingerprint density at radius 3 is 1.92 bits per heavy atom. The molecule has 0 aromatic rings. The van der Waals surface area contributed by atoms with Crippen molar-refractivity contribution in [3.05, 3.63) is 0 Å². The molecule has 2 N–H and O–H groups in total. The first-order chi connectivity index (χ1) is 5.88. The lowest BCUT2D eigenvalue weighted by molar-refractivity contribution is 0.795. The number of nitrogens with one attached hydrogen (secondary N) is 2. The lowest BCUT2D eigenvalue weighted by atomic mass is 10.6. The van der Waals surface area contributed by atoms with Gasteiger partial charge in [0.15, 0.2) is 5.96 Å². The summed E-state index contributed by atoms with van der Waals surface area (Å²) < 4.78 is 0. The Morgan fingerprint density at radius 2 is 1.62 bits per heavy atom. The number of nitrogens with zero attached hydrogens (tertiary/aromatic N) is 1. The summed E-state index contributed by atoms with van der Waals surface area (Å²) in [6, 6.07) is 1.42. The second kappa shape index (κ2) is 5.02. The molecular formula is C9H18IN3. The zero-order valence-electron chi connectivity index (χ0n) is 8.05. The quantitative estimate of drug-likeness (QED) is 0.470. The molecule has 2 rings (SSSR count). The van der Waals surface area contributed by atoms with E-state index in [-0.39, 0.29) is 24.0 Å². The highest BCUT2D eigenvalue weighted by Crippen LogP contribution is 2.20. The van der Waals surface area contributed by atoms with Crippen molar-refractivity contribution in [2.24, 2.45) is 4.99 Å². The fraction of sp³-hybridized carbons (Fsp3) is 0.889. The van der Waals surface area contributed by atoms with Crippen LogP contribution in [0.25, 0.3) is 0 Å². The van der Waals surface area contributed by atoms with Crippen LogP contribution in [-0.4, -0.2) is 24.6 Å². The van der Waals surface area contributed by atoms with Crippen molar-refractivity contribution < 1.29 is 0 Å². The van der Waals surface area contributed by atoms with Crippen LogP contribution >= 0.6 is 24.0 Å². The van der Waals surface area contributed by atoms with E-state index in [1.165, 1.54) is 25.7 Å². The van der Waals surface area contributed by atoms with E-state index in [2.05, 4.69) is 22.5 Å². The fourth-order valence-corrected chi connectivity index (χ4v) is 1.13. The van der Waals surface area contributed by atoms with Crippen molar-refractivity contribution in [1.29, 1.82) is 0 Å². The van der Waals surface area contributed by atoms with Crippen LogP contribution in [0.15, 0.2) is 4.99 Å². The van der Waals surface area contributed by atoms with Gasteiger partial charge in [-0.05, 0) is 32.6 Å². The van der Waals surface area contributed by atoms with Gasteiger partial charge in [-0.3, -0.25) is 4.99 Å². The summed E-state index contributed by atoms with van der Waals surface area (Å²) in [5, 5.41) is 6.80. The van der Waals surface area contributed by atoms with E-state index in [0.717, 1.165) is 12.5 Å². The third-order valence-electron chi connectivity index (χ3n) is 2.15. The Bertz CT molecular complexity index is 169. The van der Waals surface area contributed by atoms with Gasteiger partial charge in [-0.15, -0.1) is 24.0 Å². The third-order valence-corrected chi connectivity index (χ3v) is 2.15. The van der Waals surface area contributed by atoms with E-state index in [9.17, 15) is 0 Å². The average molecular weight is 295 g/mol. The summed E-state index contributed by atoms with van der Waals surface area (Å²) in [4.78, 5) is 4.38. The second-order valence-corrected chi connectivity index (χ2v) is 3.66. The molecule has 2 fully saturated rings. The Morgan fingerprint density at radius 1 is 1.15 bits per heavy atom. The standard InChI is InChI=1S/C9H17N3.HI/c1-2-10-9(11-7-3-4-7)12-8-5-6-8;/h7-8H,2-6H2,1H3,(H2,10,11,12);1H. The summed E-state index contributed by atoms with van der Waals surface area (Å²) in [7, 11) is 0. The maximum Gasteiger partial charge on any atom is 0.191 e. The van der Waals surface area contributed by atoms with Gasteiger partial charge in [-0.1, -0.05) is 0 Å². The van der Waals surface area contributed by atoms with Crippen LogP contribution in [0.2, 0.25) is 0 Å². The van der Waals surface area contributed by atoms with Gasteiger partial charge in [-0.2, -0.15) is 0 Å². The van der Waals surface area contributed by atoms with Crippen molar-refractivity contribution in [3.8, 4) is 0 Å². The molecule has 4 heteroatoms. The predicted octanol–water partition coefficient (Wildman–Crippen LogP) is 1.48. The van der Waals surface area contributed by atoms with E-state index in [4.69, 9.17) is 0 Å². The molecule has 2 saturated carbocycles. The van der Waals surface area contributed by atoms with E-state index in [1.54, 1.807) is 0 Å². The van der Waals surface area contributed by atoms with E-state index < -0.39 is 0 Å². The number of halogens is 1. The van der Waals surface area contributed by atoms with Crippen LogP contribution < -0.4 is 10.6 Å². The molecule has 0 spiro atoms. The monoisotopic (exact) mass is 295 g/mol. The van der Waals surface area contributed by atoms with Crippen molar-refractivity contribution in [2.75, 3.05) is 6.54 Å². The van der Waals surface area contributed by atoms with Crippen LogP contribution in [0.4, 0.5) is 0 Å². The molecule has 2 aliphatic carbocycles. The molecule has 0 bridgehead atoms. The Balaban J connectivity index is 0.000000845. The molecule has 0 heterocycles. The molecule has 76 valence electrons. The number of aliphatic imine (C=N–C) groups is 1. The molecule has 0 amide bonds. The number of hydrogen-bond acceptors (Lipinski definition) is 1. The van der Waals surface area contributed by atoms with Gasteiger partial charge in [0.05, 0.1) is 0 Å². The minimum absolute atomic E-state index is 0. The van der Waals surface area contributed by atoms with Crippen molar-refractivity contribution in [3.63, 3.8) is 0 Å². The predicted molar refractivity (Wildman–Crippen MR) is 65.7 cm³/mol. The van der Waals surface area contributed by atoms with Gasteiger partial charge in [0.25, 0.3) is 0 Å². The largest absolute Gasteiger partial charge is 0.354 e. The maximum absolute atomic E-state index is 4.38. The topological polar surface area (TPSA) is 36.4 Å². The molecule has 0 aromatic carbocycles. The van der Waals surface area contributed by atoms with Gasteiger partial charge in [0, 0.05) is 18.6 Å². The number of rotatable bonds is 3. The molecule has 0 aliphatic heterocycles. The van der Waals surface area contributed by atoms with Crippen LogP contribution in [0.3, 0.4) is 0 Å². The van der Waals surface area contributed by atoms with Crippen LogP contribution in [0, 0.1) is 0 Å². The van der Waals surface area contributed by atoms with Gasteiger partial charge in [-0.25, -0.2) is 0 Å². The molecule has 0 aromatic heterocycles. The summed E-state index contributed by atoms with van der Waals surface area (Å²) in [5.41, 5.74) is 0. The van der Waals surface area contributed by atoms with E-state index in [0.29, 0.717) is 12.1 Å². The number of hydrogen-bond donors (Lipinski definition) is 2. The molecular weight excluding hydrogens is 277 g/mol. The molecule has 0 atom stereocenters. The molecule has 13 heavy (non-hydrogen) atoms. The Labute approximate surface area is 96.8 Å². The van der Waals surface area contributed by atoms with Crippen LogP contribution in [-0.2, 0) is 0 Å². The molecule has 0 radical (unpaired) electrons. The smallest absolute Gasteiger partial charge is 0.191 e. The normalized spacial score (nSPS) is 20.1. The SMILES string of the molecule is CCN=C(NC1CC1)NC1CC1.I. The van der Waals surface area contributed by atoms with Gasteiger partial charge in [0.2, 0.25) is 0 Å². The van der Waals surface area contributed by atoms with Crippen molar-refractivity contribution in [1.82, 2.24) is 10.6 Å². The zero-order chi connectivity index (χ0) is 8.39. The molecule has 0 saturated heterocycles. The summed E-state index contributed by atoms with van der Waals surface area (Å²) in [6.07, 6.45) is 5.26. The van der Waals surface area contributed by atoms with E-state index >= 15 is 0 Å². The molecule has 3 nitrogen and oxygen atoms in total. The third kappa shape index (κ3) is 4.15. The van der Waals surface area contributed by atoms with Gasteiger partial charge >= 0.3 is 0 Å². The highest BCUT2D eigenvalue weighted by molar-refractivity contribution is 14.0. The van der Waals surface area contributed by atoms with Gasteiger partial charge in [0.1, 0.15) is 0 Å². The first-order valence-electron chi connectivity index (χ1n) is 4.96. The summed E-state index contributed by atoms with van der Waals surface area (Å²) in [5.74, 6) is 1.03. The first kappa shape index (κ1) is 11.1. The Hall–Kier alpha value is 0. The lowest BCUT2D eigenvalue weighted by Crippen LogP contribution is -2.39. The summed E-state index contributed by atoms with van der Waals surface area (Å²) >= 11 is 0. The summed E-state index contributed by atoms with van der Waals surface area (Å²) in [6.45, 7) is 2.94. The van der Waals surface area contributed by atoms with Gasteiger partial charge < -0.3 is 10.6 Å². The Kier molecular flexibility index (Phi) is 4.28. The number of guanidine groups is 1. The zero-order valence-corrected chi connectivity index (χ0v) is 10.4. The highest BCUT2D eigenvalue weighted by Gasteiger charge is 2.26. The highest BCUT2D eigenvalue weighted by atomic mass is 127.